The first-order valence-electron chi connectivity index (χ1n) is 9.26. The van der Waals surface area contributed by atoms with Crippen molar-refractivity contribution in [2.75, 3.05) is 0 Å². The number of rotatable bonds is 2. The van der Waals surface area contributed by atoms with Crippen LogP contribution < -0.4 is 10.6 Å². The molecule has 0 aromatic heterocycles. The van der Waals surface area contributed by atoms with Crippen molar-refractivity contribution in [3.8, 4) is 0 Å². The van der Waals surface area contributed by atoms with E-state index in [1.807, 2.05) is 0 Å². The third-order valence-corrected chi connectivity index (χ3v) is 6.12. The summed E-state index contributed by atoms with van der Waals surface area (Å²) in [7, 11) is 0.754. The van der Waals surface area contributed by atoms with Crippen molar-refractivity contribution in [3.05, 3.63) is 109 Å². The largest absolute Gasteiger partial charge is 0.168 e. The van der Waals surface area contributed by atoms with Gasteiger partial charge in [0.25, 0.3) is 0 Å². The summed E-state index contributed by atoms with van der Waals surface area (Å²) in [6.07, 6.45) is 0. The van der Waals surface area contributed by atoms with Gasteiger partial charge in [-0.1, -0.05) is 49.4 Å². The van der Waals surface area contributed by atoms with E-state index in [0.29, 0.717) is 0 Å². The van der Waals surface area contributed by atoms with Gasteiger partial charge in [-0.25, -0.2) is 0 Å². The molecule has 0 saturated carbocycles. The number of benzene rings is 3. The van der Waals surface area contributed by atoms with Crippen LogP contribution >= 0.6 is 8.58 Å². The molecule has 0 radical (unpaired) electrons. The molecule has 0 bridgehead atoms. The fourth-order valence-electron chi connectivity index (χ4n) is 3.27. The molecule has 1 unspecified atom stereocenters. The molecule has 0 N–H and O–H groups in total. The maximum absolute atomic E-state index is 9.75. The van der Waals surface area contributed by atoms with Crippen LogP contribution in [0.4, 0.5) is 6.18 Å². The van der Waals surface area contributed by atoms with Crippen molar-refractivity contribution in [2.24, 2.45) is 0 Å². The van der Waals surface area contributed by atoms with Gasteiger partial charge in [0, 0.05) is 0 Å². The second-order valence-corrected chi connectivity index (χ2v) is 8.06. The molecular weight excluding hydrogens is 417 g/mol. The van der Waals surface area contributed by atoms with E-state index < -0.39 is 20.2 Å². The molecule has 5 rings (SSSR count). The van der Waals surface area contributed by atoms with Gasteiger partial charge in [-0.2, -0.15) is 17.5 Å². The third-order valence-electron chi connectivity index (χ3n) is 4.59. The van der Waals surface area contributed by atoms with E-state index in [1.165, 1.54) is 37.7 Å². The topological polar surface area (TPSA) is 0 Å². The Bertz CT molecular complexity index is 1120. The summed E-state index contributed by atoms with van der Waals surface area (Å²) in [5.41, 5.74) is 1.41. The Morgan fingerprint density at radius 2 is 1.38 bits per heavy atom. The molecule has 0 nitrogen and oxygen atoms in total. The van der Waals surface area contributed by atoms with Crippen molar-refractivity contribution in [3.63, 3.8) is 0 Å². The molecule has 0 saturated heterocycles. The number of hydrogen-bond donors (Lipinski definition) is 0. The monoisotopic (exact) mass is 438 g/mol. The molecule has 4 heteroatoms. The number of hydrogen-bond acceptors (Lipinski definition) is 0. The standard InChI is InChI=1S/C16H14P.C9H7.2FH.Ti/c1-12-11-13-7-5-6-10-15(13)16(12)17-14-8-3-2-4-9-14;1-2-5-9-7-3-6-8(9)4-1;;;/h2-11,17H,1H3;1-7H;2*1H;/q2*-1;;;+2/p-2. The van der Waals surface area contributed by atoms with E-state index in [1.54, 1.807) is 0 Å². The molecule has 5 aromatic carbocycles. The van der Waals surface area contributed by atoms with E-state index in [2.05, 4.69) is 110 Å². The Balaban J connectivity index is 0.000000167. The second kappa shape index (κ2) is 11.2. The van der Waals surface area contributed by atoms with Crippen LogP contribution in [-0.2, 0) is 20.2 Å². The molecule has 0 heterocycles. The van der Waals surface area contributed by atoms with Crippen LogP contribution in [0.15, 0.2) is 103 Å². The van der Waals surface area contributed by atoms with Crippen molar-refractivity contribution in [1.82, 2.24) is 0 Å². The average molecular weight is 438 g/mol. The van der Waals surface area contributed by atoms with Crippen molar-refractivity contribution in [2.45, 2.75) is 6.92 Å². The quantitative estimate of drug-likeness (QED) is 0.160. The molecule has 0 spiro atoms. The summed E-state index contributed by atoms with van der Waals surface area (Å²) in [6, 6.07) is 36.3. The van der Waals surface area contributed by atoms with Gasteiger partial charge in [0.2, 0.25) is 0 Å². The molecule has 1 atom stereocenters. The SMILES string of the molecule is Cc1[cH-]c2ccccc2c1Pc1ccccc1.[F][Ti][F].c1ccc2[cH-]ccc2c1. The van der Waals surface area contributed by atoms with Crippen LogP contribution in [-0.4, -0.2) is 0 Å². The van der Waals surface area contributed by atoms with E-state index >= 15 is 0 Å². The fourth-order valence-corrected chi connectivity index (χ4v) is 4.55. The van der Waals surface area contributed by atoms with Crippen molar-refractivity contribution < 1.29 is 26.4 Å². The minimum Gasteiger partial charge on any atom is -0.168 e. The van der Waals surface area contributed by atoms with E-state index in [9.17, 15) is 6.18 Å². The Kier molecular flexibility index (Phi) is 8.31. The summed E-state index contributed by atoms with van der Waals surface area (Å²) in [5.74, 6) is 0. The van der Waals surface area contributed by atoms with Crippen LogP contribution in [0.25, 0.3) is 21.5 Å². The average Bonchev–Trinajstić information content (AvgIpc) is 3.35. The number of halogens is 2. The minimum absolute atomic E-state index is 0.754. The van der Waals surface area contributed by atoms with E-state index in [4.69, 9.17) is 0 Å². The molecule has 0 aliphatic carbocycles. The van der Waals surface area contributed by atoms with Crippen LogP contribution in [0.2, 0.25) is 0 Å². The molecule has 29 heavy (non-hydrogen) atoms. The fraction of sp³-hybridized carbons (Fsp3) is 0.0400. The summed E-state index contributed by atoms with van der Waals surface area (Å²) < 4.78 is 19.5. The first kappa shape index (κ1) is 21.6. The summed E-state index contributed by atoms with van der Waals surface area (Å²) in [4.78, 5) is 0. The van der Waals surface area contributed by atoms with Crippen molar-refractivity contribution >= 4 is 40.7 Å². The maximum Gasteiger partial charge on any atom is -0.0809 e. The van der Waals surface area contributed by atoms with Gasteiger partial charge in [-0.15, -0.1) is 84.1 Å². The summed E-state index contributed by atoms with van der Waals surface area (Å²) >= 11 is -2.50. The second-order valence-electron chi connectivity index (χ2n) is 6.51. The van der Waals surface area contributed by atoms with Gasteiger partial charge in [0.05, 0.1) is 0 Å². The molecule has 0 amide bonds. The van der Waals surface area contributed by atoms with Crippen LogP contribution in [0.3, 0.4) is 0 Å². The predicted molar refractivity (Wildman–Crippen MR) is 120 cm³/mol. The maximum atomic E-state index is 9.75. The Labute approximate surface area is 182 Å². The first-order valence-corrected chi connectivity index (χ1v) is 11.4. The molecule has 0 aliphatic rings. The van der Waals surface area contributed by atoms with Gasteiger partial charge >= 0.3 is 26.4 Å². The Morgan fingerprint density at radius 3 is 2.10 bits per heavy atom. The van der Waals surface area contributed by atoms with E-state index in [-0.39, 0.29) is 0 Å². The first-order chi connectivity index (χ1) is 14.2. The summed E-state index contributed by atoms with van der Waals surface area (Å²) in [5, 5.41) is 8.34. The van der Waals surface area contributed by atoms with Gasteiger partial charge in [-0.3, -0.25) is 0 Å². The Morgan fingerprint density at radius 1 is 0.759 bits per heavy atom. The third kappa shape index (κ3) is 5.93. The predicted octanol–water partition coefficient (Wildman–Crippen LogP) is 6.89. The number of aryl methyl sites for hydroxylation is 1. The molecule has 146 valence electrons. The van der Waals surface area contributed by atoms with Crippen molar-refractivity contribution in [1.29, 1.82) is 0 Å². The molecule has 0 fully saturated rings. The van der Waals surface area contributed by atoms with Crippen LogP contribution in [0, 0.1) is 6.92 Å². The van der Waals surface area contributed by atoms with Gasteiger partial charge in [0.1, 0.15) is 0 Å². The van der Waals surface area contributed by atoms with Gasteiger partial charge in [-0.05, 0) is 5.30 Å². The normalized spacial score (nSPS) is 10.4. The minimum atomic E-state index is -2.50. The smallest absolute Gasteiger partial charge is 0.0809 e. The zero-order valence-corrected chi connectivity index (χ0v) is 18.6. The van der Waals surface area contributed by atoms with Gasteiger partial charge in [0.15, 0.2) is 0 Å². The van der Waals surface area contributed by atoms with Crippen LogP contribution in [0.5, 0.6) is 0 Å². The Hall–Kier alpha value is -2.12. The molecular formula is C25H21F2PTi-2. The van der Waals surface area contributed by atoms with E-state index in [0.717, 1.165) is 8.58 Å². The van der Waals surface area contributed by atoms with Crippen LogP contribution in [0.1, 0.15) is 5.56 Å². The van der Waals surface area contributed by atoms with Gasteiger partial charge < -0.3 is 0 Å². The summed E-state index contributed by atoms with van der Waals surface area (Å²) in [6.45, 7) is 2.21. The zero-order chi connectivity index (χ0) is 20.5. The number of fused-ring (bicyclic) bond motifs is 2. The zero-order valence-electron chi connectivity index (χ0n) is 16.1. The molecule has 0 aliphatic heterocycles. The molecule has 5 aromatic rings.